The van der Waals surface area contributed by atoms with Gasteiger partial charge in [0.25, 0.3) is 6.71 Å². The molecular formula is C61H67BN2S. The summed E-state index contributed by atoms with van der Waals surface area (Å²) in [5, 5.41) is 2.48. The molecule has 0 atom stereocenters. The summed E-state index contributed by atoms with van der Waals surface area (Å²) in [5.74, 6) is 0. The Hall–Kier alpha value is -4.80. The van der Waals surface area contributed by atoms with Crippen LogP contribution < -0.4 is 26.2 Å². The van der Waals surface area contributed by atoms with Gasteiger partial charge in [0.1, 0.15) is 0 Å². The third-order valence-corrected chi connectivity index (χ3v) is 18.7. The van der Waals surface area contributed by atoms with Gasteiger partial charge in [0.15, 0.2) is 0 Å². The van der Waals surface area contributed by atoms with Crippen molar-refractivity contribution in [2.45, 2.75) is 161 Å². The maximum atomic E-state index is 9.22. The molecule has 1 aromatic heterocycles. The Labute approximate surface area is 397 Å². The Morgan fingerprint density at radius 2 is 0.954 bits per heavy atom. The molecule has 0 unspecified atom stereocenters. The minimum Gasteiger partial charge on any atom is -0.311 e. The molecule has 0 N–H and O–H groups in total. The van der Waals surface area contributed by atoms with Gasteiger partial charge in [0.2, 0.25) is 0 Å². The molecule has 3 aliphatic carbocycles. The van der Waals surface area contributed by atoms with E-state index >= 15 is 0 Å². The number of hydrogen-bond donors (Lipinski definition) is 0. The van der Waals surface area contributed by atoms with Gasteiger partial charge in [-0.2, -0.15) is 0 Å². The standard InChI is InChI=1S/C61H67BN2S/c1-35-25-51-55-52(26-35)64(48-31-43-40(27-36(48)2)56(3,4)21-23-58(43,7)8)50-32-44-41(57(5,6)22-24-59(44,9)10)29-47(50)62(55)46-30-42-45(61(13,14)34-60(42,11)12)33-49(46)63(51)37-19-20-54-39(28-37)38-17-15-16-18-53(38)65-54/h15-20,25-33H,21-24,34H2,1-14H3/i1D3. The molecule has 0 radical (unpaired) electrons. The van der Waals surface area contributed by atoms with Crippen LogP contribution in [-0.2, 0) is 32.5 Å². The number of hydrogen-bond acceptors (Lipinski definition) is 3. The highest BCUT2D eigenvalue weighted by atomic mass is 32.1. The third kappa shape index (κ3) is 5.77. The predicted molar refractivity (Wildman–Crippen MR) is 284 cm³/mol. The summed E-state index contributed by atoms with van der Waals surface area (Å²) in [7, 11) is 0. The topological polar surface area (TPSA) is 6.48 Å². The zero-order valence-corrected chi connectivity index (χ0v) is 41.9. The van der Waals surface area contributed by atoms with E-state index in [0.717, 1.165) is 60.5 Å². The highest BCUT2D eigenvalue weighted by molar-refractivity contribution is 7.25. The van der Waals surface area contributed by atoms with Crippen LogP contribution in [0.25, 0.3) is 20.2 Å². The monoisotopic (exact) mass is 874 g/mol. The van der Waals surface area contributed by atoms with Crippen molar-refractivity contribution in [2.75, 3.05) is 9.80 Å². The van der Waals surface area contributed by atoms with E-state index in [9.17, 15) is 4.11 Å². The molecule has 0 amide bonds. The quantitative estimate of drug-likeness (QED) is 0.160. The minimum absolute atomic E-state index is 0.0114. The van der Waals surface area contributed by atoms with Crippen molar-refractivity contribution in [1.82, 2.24) is 0 Å². The molecule has 2 aliphatic heterocycles. The molecule has 0 saturated carbocycles. The van der Waals surface area contributed by atoms with Gasteiger partial charge < -0.3 is 9.80 Å². The second kappa shape index (κ2) is 13.0. The number of rotatable bonds is 2. The summed E-state index contributed by atoms with van der Waals surface area (Å²) in [6, 6.07) is 35.1. The van der Waals surface area contributed by atoms with Gasteiger partial charge >= 0.3 is 0 Å². The van der Waals surface area contributed by atoms with Gasteiger partial charge in [-0.3, -0.25) is 0 Å². The van der Waals surface area contributed by atoms with Gasteiger partial charge in [-0.25, -0.2) is 0 Å². The largest absolute Gasteiger partial charge is 0.311 e. The summed E-state index contributed by atoms with van der Waals surface area (Å²) >= 11 is 1.84. The van der Waals surface area contributed by atoms with E-state index < -0.39 is 6.85 Å². The fourth-order valence-electron chi connectivity index (χ4n) is 13.9. The zero-order chi connectivity index (χ0) is 48.2. The van der Waals surface area contributed by atoms with Crippen LogP contribution in [0.4, 0.5) is 34.1 Å². The van der Waals surface area contributed by atoms with Crippen molar-refractivity contribution < 1.29 is 4.11 Å². The van der Waals surface area contributed by atoms with E-state index in [4.69, 9.17) is 0 Å². The first kappa shape index (κ1) is 38.3. The Morgan fingerprint density at radius 1 is 0.477 bits per heavy atom. The van der Waals surface area contributed by atoms with Gasteiger partial charge in [-0.05, 0) is 194 Å². The Kier molecular flexibility index (Phi) is 7.67. The molecule has 2 nitrogen and oxygen atoms in total. The highest BCUT2D eigenvalue weighted by Crippen LogP contribution is 2.56. The van der Waals surface area contributed by atoms with E-state index in [1.54, 1.807) is 0 Å². The van der Waals surface area contributed by atoms with Gasteiger partial charge in [-0.1, -0.05) is 119 Å². The molecule has 330 valence electrons. The van der Waals surface area contributed by atoms with Crippen LogP contribution in [0.2, 0.25) is 0 Å². The van der Waals surface area contributed by atoms with Crippen LogP contribution in [-0.4, -0.2) is 6.71 Å². The molecule has 7 aromatic rings. The fourth-order valence-corrected chi connectivity index (χ4v) is 14.9. The molecular weight excluding hydrogens is 804 g/mol. The van der Waals surface area contributed by atoms with Crippen molar-refractivity contribution in [3.63, 3.8) is 0 Å². The normalized spacial score (nSPS) is 21.7. The van der Waals surface area contributed by atoms with Crippen LogP contribution in [0.3, 0.4) is 0 Å². The van der Waals surface area contributed by atoms with Gasteiger partial charge in [0, 0.05) is 58.4 Å². The number of aryl methyl sites for hydroxylation is 2. The van der Waals surface area contributed by atoms with Crippen molar-refractivity contribution in [3.8, 4) is 0 Å². The summed E-state index contributed by atoms with van der Waals surface area (Å²) in [6.07, 6.45) is 5.55. The number of benzene rings is 6. The lowest BCUT2D eigenvalue weighted by Gasteiger charge is -2.48. The lowest BCUT2D eigenvalue weighted by Crippen LogP contribution is -2.62. The minimum atomic E-state index is -2.35. The predicted octanol–water partition coefficient (Wildman–Crippen LogP) is 15.4. The third-order valence-electron chi connectivity index (χ3n) is 17.5. The zero-order valence-electron chi connectivity index (χ0n) is 44.1. The SMILES string of the molecule is [2H]C([2H])([2H])c1cc2c3c(c1)N(c1cc4c(cc1C)C(C)(C)CCC4(C)C)c1cc4c(cc1B3c1cc3c(cc1N2c1ccc2sc5ccccc5c2c1)C(C)(C)CC3(C)C)C(C)(C)CCC4(C)C. The summed E-state index contributed by atoms with van der Waals surface area (Å²) in [4.78, 5) is 5.00. The molecule has 65 heavy (non-hydrogen) atoms. The van der Waals surface area contributed by atoms with E-state index in [1.165, 1.54) is 81.2 Å². The molecule has 5 aliphatic rings. The molecule has 0 saturated heterocycles. The van der Waals surface area contributed by atoms with Crippen LogP contribution in [0.5, 0.6) is 0 Å². The van der Waals surface area contributed by atoms with Gasteiger partial charge in [0.05, 0.1) is 0 Å². The number of nitrogens with zero attached hydrogens (tertiary/aromatic N) is 2. The second-order valence-corrected chi connectivity index (χ2v) is 26.0. The van der Waals surface area contributed by atoms with Crippen LogP contribution >= 0.6 is 11.3 Å². The molecule has 0 bridgehead atoms. The van der Waals surface area contributed by atoms with E-state index in [1.807, 2.05) is 17.4 Å². The first-order chi connectivity index (χ1) is 31.7. The molecule has 0 spiro atoms. The maximum Gasteiger partial charge on any atom is 0.252 e. The highest BCUT2D eigenvalue weighted by Gasteiger charge is 2.50. The Balaban J connectivity index is 1.25. The fraction of sp³-hybridized carbons (Fsp3) is 0.410. The lowest BCUT2D eigenvalue weighted by molar-refractivity contribution is 0.331. The Morgan fingerprint density at radius 3 is 1.55 bits per heavy atom. The summed E-state index contributed by atoms with van der Waals surface area (Å²) in [5.41, 5.74) is 20.3. The first-order valence-electron chi connectivity index (χ1n) is 25.9. The molecule has 6 aromatic carbocycles. The average Bonchev–Trinajstić information content (AvgIpc) is 3.71. The number of anilines is 6. The number of thiophene rings is 1. The number of fused-ring (bicyclic) bond motifs is 10. The van der Waals surface area contributed by atoms with E-state index in [2.05, 4.69) is 185 Å². The summed E-state index contributed by atoms with van der Waals surface area (Å²) < 4.78 is 30.2. The van der Waals surface area contributed by atoms with Crippen molar-refractivity contribution in [3.05, 3.63) is 136 Å². The van der Waals surface area contributed by atoms with E-state index in [-0.39, 0.29) is 39.2 Å². The summed E-state index contributed by atoms with van der Waals surface area (Å²) in [6.45, 7) is 28.9. The molecule has 12 rings (SSSR count). The maximum absolute atomic E-state index is 9.22. The lowest BCUT2D eigenvalue weighted by atomic mass is 9.32. The van der Waals surface area contributed by atoms with Gasteiger partial charge in [-0.15, -0.1) is 11.3 Å². The molecule has 4 heteroatoms. The van der Waals surface area contributed by atoms with Crippen LogP contribution in [0, 0.1) is 13.8 Å². The Bertz CT molecular complexity index is 3360. The average molecular weight is 874 g/mol. The molecule has 3 heterocycles. The van der Waals surface area contributed by atoms with Crippen LogP contribution in [0.15, 0.2) is 91.0 Å². The van der Waals surface area contributed by atoms with Crippen molar-refractivity contribution in [2.24, 2.45) is 0 Å². The smallest absolute Gasteiger partial charge is 0.252 e. The van der Waals surface area contributed by atoms with E-state index in [0.29, 0.717) is 5.56 Å². The second-order valence-electron chi connectivity index (χ2n) is 24.9. The van der Waals surface area contributed by atoms with Crippen molar-refractivity contribution >= 4 is 88.7 Å². The molecule has 0 fully saturated rings. The first-order valence-corrected chi connectivity index (χ1v) is 25.2. The van der Waals surface area contributed by atoms with Crippen LogP contribution in [0.1, 0.15) is 164 Å². The van der Waals surface area contributed by atoms with Crippen molar-refractivity contribution in [1.29, 1.82) is 0 Å².